The van der Waals surface area contributed by atoms with Crippen molar-refractivity contribution in [1.82, 2.24) is 4.90 Å². The molecule has 2 aliphatic rings. The number of carbonyl (C=O) groups excluding carboxylic acids is 1. The lowest BCUT2D eigenvalue weighted by Crippen LogP contribution is -2.31. The highest BCUT2D eigenvalue weighted by Gasteiger charge is 2.29. The summed E-state index contributed by atoms with van der Waals surface area (Å²) in [5.74, 6) is 0.400. The van der Waals surface area contributed by atoms with Crippen LogP contribution in [0.1, 0.15) is 12.8 Å². The minimum absolute atomic E-state index is 0.400. The molecule has 2 aliphatic heterocycles. The van der Waals surface area contributed by atoms with Crippen LogP contribution in [-0.2, 0) is 4.79 Å². The first kappa shape index (κ1) is 6.10. The monoisotopic (exact) mass is 137 g/mol. The van der Waals surface area contributed by atoms with E-state index < -0.39 is 0 Å². The van der Waals surface area contributed by atoms with Crippen LogP contribution in [0.3, 0.4) is 0 Å². The molecular weight excluding hydrogens is 126 g/mol. The van der Waals surface area contributed by atoms with E-state index in [0.29, 0.717) is 18.4 Å². The highest BCUT2D eigenvalue weighted by molar-refractivity contribution is 5.83. The zero-order valence-corrected chi connectivity index (χ0v) is 5.92. The van der Waals surface area contributed by atoms with Crippen molar-refractivity contribution in [1.29, 1.82) is 0 Å². The van der Waals surface area contributed by atoms with Gasteiger partial charge < -0.3 is 0 Å². The number of hydrogen-bond donors (Lipinski definition) is 0. The molecule has 0 amide bonds. The normalized spacial score (nSPS) is 32.8. The molecule has 0 radical (unpaired) electrons. The Labute approximate surface area is 60.5 Å². The zero-order chi connectivity index (χ0) is 6.97. The quantitative estimate of drug-likeness (QED) is 0.455. The Morgan fingerprint density at radius 2 is 2.50 bits per heavy atom. The average Bonchev–Trinajstić information content (AvgIpc) is 2.27. The lowest BCUT2D eigenvalue weighted by Gasteiger charge is -2.23. The van der Waals surface area contributed by atoms with Crippen molar-refractivity contribution in [2.45, 2.75) is 18.9 Å². The van der Waals surface area contributed by atoms with Gasteiger partial charge in [-0.2, -0.15) is 0 Å². The van der Waals surface area contributed by atoms with E-state index >= 15 is 0 Å². The number of fused-ring (bicyclic) bond motifs is 1. The number of hydrogen-bond acceptors (Lipinski definition) is 2. The van der Waals surface area contributed by atoms with Crippen molar-refractivity contribution < 1.29 is 4.79 Å². The van der Waals surface area contributed by atoms with Gasteiger partial charge in [-0.3, -0.25) is 9.69 Å². The molecule has 0 bridgehead atoms. The maximum absolute atomic E-state index is 10.9. The molecule has 0 N–H and O–H groups in total. The first-order chi connectivity index (χ1) is 4.86. The summed E-state index contributed by atoms with van der Waals surface area (Å²) in [4.78, 5) is 13.2. The third-order valence-electron chi connectivity index (χ3n) is 2.23. The Balaban J connectivity index is 2.15. The Morgan fingerprint density at radius 1 is 1.60 bits per heavy atom. The molecule has 0 aromatic rings. The molecule has 0 saturated carbocycles. The first-order valence-corrected chi connectivity index (χ1v) is 3.79. The smallest absolute Gasteiger partial charge is 0.148 e. The molecule has 54 valence electrons. The minimum Gasteiger partial charge on any atom is -0.298 e. The van der Waals surface area contributed by atoms with Crippen LogP contribution in [0.4, 0.5) is 0 Å². The van der Waals surface area contributed by atoms with Crippen LogP contribution in [0.2, 0.25) is 0 Å². The average molecular weight is 137 g/mol. The Hall–Kier alpha value is -0.630. The van der Waals surface area contributed by atoms with Crippen LogP contribution < -0.4 is 0 Å². The van der Waals surface area contributed by atoms with E-state index in [0.717, 1.165) is 19.4 Å². The number of rotatable bonds is 0. The summed E-state index contributed by atoms with van der Waals surface area (Å²) in [5, 5.41) is 0. The second kappa shape index (κ2) is 2.20. The predicted molar refractivity (Wildman–Crippen MR) is 38.7 cm³/mol. The summed E-state index contributed by atoms with van der Waals surface area (Å²) in [6.07, 6.45) is 6.20. The van der Waals surface area contributed by atoms with E-state index in [1.807, 2.05) is 0 Å². The lowest BCUT2D eigenvalue weighted by molar-refractivity contribution is -0.116. The minimum atomic E-state index is 0.400. The van der Waals surface area contributed by atoms with Gasteiger partial charge in [0, 0.05) is 19.0 Å². The van der Waals surface area contributed by atoms with Crippen LogP contribution in [0, 0.1) is 0 Å². The van der Waals surface area contributed by atoms with Crippen LogP contribution in [0.15, 0.2) is 12.2 Å². The van der Waals surface area contributed by atoms with Crippen LogP contribution >= 0.6 is 0 Å². The summed E-state index contributed by atoms with van der Waals surface area (Å²) in [7, 11) is 0. The third kappa shape index (κ3) is 0.886. The fourth-order valence-electron chi connectivity index (χ4n) is 1.70. The summed E-state index contributed by atoms with van der Waals surface area (Å²) in [6.45, 7) is 1.77. The van der Waals surface area contributed by atoms with E-state index in [1.165, 1.54) is 0 Å². The summed E-state index contributed by atoms with van der Waals surface area (Å²) >= 11 is 0. The molecule has 0 aromatic heterocycles. The molecule has 1 saturated heterocycles. The van der Waals surface area contributed by atoms with Crippen molar-refractivity contribution in [2.75, 3.05) is 13.1 Å². The van der Waals surface area contributed by atoms with Gasteiger partial charge in [-0.15, -0.1) is 0 Å². The molecule has 2 heterocycles. The molecule has 0 spiro atoms. The van der Waals surface area contributed by atoms with E-state index in [4.69, 9.17) is 0 Å². The zero-order valence-electron chi connectivity index (χ0n) is 5.92. The van der Waals surface area contributed by atoms with Crippen molar-refractivity contribution >= 4 is 5.78 Å². The van der Waals surface area contributed by atoms with Crippen LogP contribution in [0.25, 0.3) is 0 Å². The third-order valence-corrected chi connectivity index (χ3v) is 2.23. The molecule has 10 heavy (non-hydrogen) atoms. The number of Topliss-reactive ketones (excluding diaryl/α,β-unsaturated/α-hetero) is 1. The highest BCUT2D eigenvalue weighted by atomic mass is 16.1. The van der Waals surface area contributed by atoms with Crippen molar-refractivity contribution in [2.24, 2.45) is 0 Å². The molecule has 2 nitrogen and oxygen atoms in total. The fraction of sp³-hybridized carbons (Fsp3) is 0.625. The topological polar surface area (TPSA) is 20.3 Å². The van der Waals surface area contributed by atoms with E-state index in [2.05, 4.69) is 17.1 Å². The second-order valence-corrected chi connectivity index (χ2v) is 3.00. The summed E-state index contributed by atoms with van der Waals surface area (Å²) < 4.78 is 0. The first-order valence-electron chi connectivity index (χ1n) is 3.79. The standard InChI is InChI=1S/C8H11NO/c10-8-5-7-3-1-2-4-9(7)6-8/h1,3,7H,2,4-6H2. The SMILES string of the molecule is O=C1CC2C=CCCN2C1. The van der Waals surface area contributed by atoms with E-state index in [9.17, 15) is 4.79 Å². The number of nitrogens with zero attached hydrogens (tertiary/aromatic N) is 1. The summed E-state index contributed by atoms with van der Waals surface area (Å²) in [5.41, 5.74) is 0. The van der Waals surface area contributed by atoms with Gasteiger partial charge in [-0.05, 0) is 6.42 Å². The molecule has 0 aromatic carbocycles. The fourth-order valence-corrected chi connectivity index (χ4v) is 1.70. The van der Waals surface area contributed by atoms with Gasteiger partial charge in [0.2, 0.25) is 0 Å². The van der Waals surface area contributed by atoms with Crippen molar-refractivity contribution in [3.8, 4) is 0 Å². The van der Waals surface area contributed by atoms with Crippen molar-refractivity contribution in [3.05, 3.63) is 12.2 Å². The molecule has 1 atom stereocenters. The second-order valence-electron chi connectivity index (χ2n) is 3.00. The largest absolute Gasteiger partial charge is 0.298 e. The van der Waals surface area contributed by atoms with Gasteiger partial charge in [0.1, 0.15) is 5.78 Å². The molecule has 0 aliphatic carbocycles. The molecule has 2 rings (SSSR count). The molecular formula is C8H11NO. The number of carbonyl (C=O) groups is 1. The molecule has 2 heteroatoms. The van der Waals surface area contributed by atoms with Gasteiger partial charge in [-0.1, -0.05) is 12.2 Å². The van der Waals surface area contributed by atoms with Gasteiger partial charge in [0.25, 0.3) is 0 Å². The van der Waals surface area contributed by atoms with E-state index in [-0.39, 0.29) is 0 Å². The molecule has 1 fully saturated rings. The van der Waals surface area contributed by atoms with E-state index in [1.54, 1.807) is 0 Å². The Kier molecular flexibility index (Phi) is 1.34. The Morgan fingerprint density at radius 3 is 3.30 bits per heavy atom. The lowest BCUT2D eigenvalue weighted by atomic mass is 10.1. The maximum Gasteiger partial charge on any atom is 0.148 e. The Bertz CT molecular complexity index is 186. The van der Waals surface area contributed by atoms with Crippen LogP contribution in [0.5, 0.6) is 0 Å². The number of ketones is 1. The predicted octanol–water partition coefficient (Wildman–Crippen LogP) is 0.590. The van der Waals surface area contributed by atoms with Gasteiger partial charge >= 0.3 is 0 Å². The van der Waals surface area contributed by atoms with Crippen LogP contribution in [-0.4, -0.2) is 29.8 Å². The van der Waals surface area contributed by atoms with Gasteiger partial charge in [0.15, 0.2) is 0 Å². The maximum atomic E-state index is 10.9. The highest BCUT2D eigenvalue weighted by Crippen LogP contribution is 2.19. The summed E-state index contributed by atoms with van der Waals surface area (Å²) in [6, 6.07) is 0.446. The molecule has 1 unspecified atom stereocenters. The van der Waals surface area contributed by atoms with Gasteiger partial charge in [0.05, 0.1) is 6.54 Å². The van der Waals surface area contributed by atoms with Crippen molar-refractivity contribution in [3.63, 3.8) is 0 Å². The van der Waals surface area contributed by atoms with Gasteiger partial charge in [-0.25, -0.2) is 0 Å².